The molecule has 0 aliphatic heterocycles. The second kappa shape index (κ2) is 6.88. The van der Waals surface area contributed by atoms with Gasteiger partial charge in [-0.2, -0.15) is 5.10 Å². The number of nitrogens with one attached hydrogen (secondary N) is 1. The van der Waals surface area contributed by atoms with Gasteiger partial charge in [0.15, 0.2) is 0 Å². The van der Waals surface area contributed by atoms with Crippen LogP contribution in [0.15, 0.2) is 6.33 Å². The molecule has 1 rings (SSSR count). The van der Waals surface area contributed by atoms with Gasteiger partial charge in [0.1, 0.15) is 12.2 Å². The first-order valence-corrected chi connectivity index (χ1v) is 7.02. The summed E-state index contributed by atoms with van der Waals surface area (Å²) in [5, 5.41) is 7.81. The maximum absolute atomic E-state index is 4.41. The lowest BCUT2D eigenvalue weighted by Crippen LogP contribution is -2.32. The lowest BCUT2D eigenvalue weighted by molar-refractivity contribution is 0.320. The van der Waals surface area contributed by atoms with Crippen molar-refractivity contribution < 1.29 is 0 Å². The number of nitrogens with zero attached hydrogens (tertiary/aromatic N) is 3. The normalized spacial score (nSPS) is 12.3. The zero-order valence-corrected chi connectivity index (χ0v) is 12.5. The van der Waals surface area contributed by atoms with Gasteiger partial charge < -0.3 is 5.32 Å². The van der Waals surface area contributed by atoms with E-state index in [0.29, 0.717) is 5.92 Å². The molecule has 0 aliphatic carbocycles. The van der Waals surface area contributed by atoms with E-state index in [1.54, 1.807) is 6.33 Å². The van der Waals surface area contributed by atoms with Crippen molar-refractivity contribution in [3.05, 3.63) is 12.2 Å². The molecule has 0 spiro atoms. The maximum Gasteiger partial charge on any atom is 0.138 e. The summed E-state index contributed by atoms with van der Waals surface area (Å²) in [5.74, 6) is 1.71. The van der Waals surface area contributed by atoms with Gasteiger partial charge in [-0.25, -0.2) is 9.67 Å². The molecule has 1 heterocycles. The van der Waals surface area contributed by atoms with Crippen molar-refractivity contribution >= 4 is 0 Å². The van der Waals surface area contributed by atoms with Crippen LogP contribution < -0.4 is 5.32 Å². The third-order valence-electron chi connectivity index (χ3n) is 2.90. The van der Waals surface area contributed by atoms with Crippen LogP contribution in [0.5, 0.6) is 0 Å². The molecule has 0 aliphatic rings. The predicted octanol–water partition coefficient (Wildman–Crippen LogP) is 2.50. The van der Waals surface area contributed by atoms with E-state index in [4.69, 9.17) is 0 Å². The molecule has 0 saturated carbocycles. The van der Waals surface area contributed by atoms with Crippen molar-refractivity contribution in [1.29, 1.82) is 0 Å². The molecule has 1 aromatic heterocycles. The van der Waals surface area contributed by atoms with E-state index < -0.39 is 0 Å². The third-order valence-corrected chi connectivity index (χ3v) is 2.90. The zero-order chi connectivity index (χ0) is 13.6. The average Bonchev–Trinajstić information content (AvgIpc) is 2.64. The fraction of sp³-hybridized carbons (Fsp3) is 0.857. The summed E-state index contributed by atoms with van der Waals surface area (Å²) in [5.41, 5.74) is 0.219. The Morgan fingerprint density at radius 3 is 2.72 bits per heavy atom. The van der Waals surface area contributed by atoms with Crippen LogP contribution in [0.4, 0.5) is 0 Å². The molecular formula is C14H28N4. The van der Waals surface area contributed by atoms with Gasteiger partial charge in [-0.15, -0.1) is 0 Å². The number of rotatable bonds is 8. The molecule has 4 nitrogen and oxygen atoms in total. The van der Waals surface area contributed by atoms with Crippen LogP contribution in [-0.4, -0.2) is 27.9 Å². The quantitative estimate of drug-likeness (QED) is 0.723. The molecule has 0 atom stereocenters. The zero-order valence-electron chi connectivity index (χ0n) is 12.5. The van der Waals surface area contributed by atoms with E-state index in [1.807, 2.05) is 4.68 Å². The molecule has 104 valence electrons. The lowest BCUT2D eigenvalue weighted by atomic mass is 9.89. The molecule has 18 heavy (non-hydrogen) atoms. The monoisotopic (exact) mass is 252 g/mol. The van der Waals surface area contributed by atoms with E-state index >= 15 is 0 Å². The maximum atomic E-state index is 4.41. The minimum atomic E-state index is 0.219. The molecule has 0 unspecified atom stereocenters. The molecular weight excluding hydrogens is 224 g/mol. The summed E-state index contributed by atoms with van der Waals surface area (Å²) in [7, 11) is 0. The summed E-state index contributed by atoms with van der Waals surface area (Å²) in [6.07, 6.45) is 3.82. The lowest BCUT2D eigenvalue weighted by Gasteiger charge is -2.25. The van der Waals surface area contributed by atoms with Crippen LogP contribution in [0.25, 0.3) is 0 Å². The second-order valence-electron chi connectivity index (χ2n) is 6.27. The highest BCUT2D eigenvalue weighted by Gasteiger charge is 2.21. The van der Waals surface area contributed by atoms with Gasteiger partial charge in [0, 0.05) is 19.5 Å². The van der Waals surface area contributed by atoms with Gasteiger partial charge in [-0.1, -0.05) is 34.6 Å². The molecule has 1 N–H and O–H groups in total. The minimum absolute atomic E-state index is 0.219. The molecule has 4 heteroatoms. The highest BCUT2D eigenvalue weighted by atomic mass is 15.3. The molecule has 0 radical (unpaired) electrons. The first-order chi connectivity index (χ1) is 8.44. The first kappa shape index (κ1) is 15.2. The van der Waals surface area contributed by atoms with Crippen LogP contribution in [0, 0.1) is 11.3 Å². The van der Waals surface area contributed by atoms with Crippen LogP contribution >= 0.6 is 0 Å². The fourth-order valence-electron chi connectivity index (χ4n) is 2.02. The summed E-state index contributed by atoms with van der Waals surface area (Å²) in [6, 6.07) is 0. The highest BCUT2D eigenvalue weighted by Crippen LogP contribution is 2.20. The standard InChI is InChI=1S/C14H28N4/c1-6-7-15-10-14(4,5)8-13-16-11-17-18(13)9-12(2)3/h11-12,15H,6-10H2,1-5H3. The Hall–Kier alpha value is -0.900. The summed E-state index contributed by atoms with van der Waals surface area (Å²) >= 11 is 0. The van der Waals surface area contributed by atoms with Crippen molar-refractivity contribution in [1.82, 2.24) is 20.1 Å². The van der Waals surface area contributed by atoms with Gasteiger partial charge >= 0.3 is 0 Å². The Bertz CT molecular complexity index is 341. The average molecular weight is 252 g/mol. The van der Waals surface area contributed by atoms with Gasteiger partial charge in [0.05, 0.1) is 0 Å². The Morgan fingerprint density at radius 2 is 2.11 bits per heavy atom. The van der Waals surface area contributed by atoms with Crippen molar-refractivity contribution in [2.75, 3.05) is 13.1 Å². The molecule has 0 fully saturated rings. The second-order valence-corrected chi connectivity index (χ2v) is 6.27. The number of hydrogen-bond acceptors (Lipinski definition) is 3. The van der Waals surface area contributed by atoms with Crippen molar-refractivity contribution in [2.45, 2.75) is 54.0 Å². The summed E-state index contributed by atoms with van der Waals surface area (Å²) < 4.78 is 2.05. The van der Waals surface area contributed by atoms with Gasteiger partial charge in [0.25, 0.3) is 0 Å². The Kier molecular flexibility index (Phi) is 5.79. The third kappa shape index (κ3) is 5.17. The van der Waals surface area contributed by atoms with Crippen LogP contribution in [-0.2, 0) is 13.0 Å². The van der Waals surface area contributed by atoms with Crippen molar-refractivity contribution in [2.24, 2.45) is 11.3 Å². The molecule has 0 aromatic carbocycles. The van der Waals surface area contributed by atoms with Gasteiger partial charge in [-0.05, 0) is 24.3 Å². The topological polar surface area (TPSA) is 42.7 Å². The van der Waals surface area contributed by atoms with Crippen molar-refractivity contribution in [3.8, 4) is 0 Å². The molecule has 0 saturated heterocycles. The minimum Gasteiger partial charge on any atom is -0.316 e. The fourth-order valence-corrected chi connectivity index (χ4v) is 2.02. The first-order valence-electron chi connectivity index (χ1n) is 7.02. The van der Waals surface area contributed by atoms with Gasteiger partial charge in [0.2, 0.25) is 0 Å². The van der Waals surface area contributed by atoms with E-state index in [0.717, 1.165) is 31.9 Å². The summed E-state index contributed by atoms with van der Waals surface area (Å²) in [4.78, 5) is 4.41. The van der Waals surface area contributed by atoms with E-state index in [2.05, 4.69) is 50.0 Å². The van der Waals surface area contributed by atoms with Crippen LogP contribution in [0.2, 0.25) is 0 Å². The van der Waals surface area contributed by atoms with Crippen LogP contribution in [0.3, 0.4) is 0 Å². The highest BCUT2D eigenvalue weighted by molar-refractivity contribution is 4.92. The predicted molar refractivity (Wildman–Crippen MR) is 75.5 cm³/mol. The number of aromatic nitrogens is 3. The Morgan fingerprint density at radius 1 is 1.39 bits per heavy atom. The smallest absolute Gasteiger partial charge is 0.138 e. The Balaban J connectivity index is 2.57. The molecule has 0 bridgehead atoms. The van der Waals surface area contributed by atoms with Crippen LogP contribution in [0.1, 0.15) is 46.9 Å². The SMILES string of the molecule is CCCNCC(C)(C)Cc1ncnn1CC(C)C. The van der Waals surface area contributed by atoms with Gasteiger partial charge in [-0.3, -0.25) is 0 Å². The Labute approximate surface area is 111 Å². The molecule has 0 amide bonds. The largest absolute Gasteiger partial charge is 0.316 e. The van der Waals surface area contributed by atoms with E-state index in [-0.39, 0.29) is 5.41 Å². The number of hydrogen-bond donors (Lipinski definition) is 1. The summed E-state index contributed by atoms with van der Waals surface area (Å²) in [6.45, 7) is 14.2. The van der Waals surface area contributed by atoms with E-state index in [1.165, 1.54) is 6.42 Å². The molecule has 1 aromatic rings. The van der Waals surface area contributed by atoms with Crippen molar-refractivity contribution in [3.63, 3.8) is 0 Å². The van der Waals surface area contributed by atoms with E-state index in [9.17, 15) is 0 Å².